The van der Waals surface area contributed by atoms with Crippen molar-refractivity contribution in [3.63, 3.8) is 0 Å². The molecule has 0 amide bonds. The summed E-state index contributed by atoms with van der Waals surface area (Å²) in [7, 11) is 0. The molecule has 0 radical (unpaired) electrons. The number of carbonyl (C=O) groups excluding carboxylic acids is 2. The van der Waals surface area contributed by atoms with Gasteiger partial charge in [-0.3, -0.25) is 0 Å². The Morgan fingerprint density at radius 3 is 1.59 bits per heavy atom. The van der Waals surface area contributed by atoms with Crippen molar-refractivity contribution < 1.29 is 57.7 Å². The van der Waals surface area contributed by atoms with E-state index in [0.717, 1.165) is 103 Å². The zero-order valence-corrected chi connectivity index (χ0v) is 43.1. The minimum Gasteiger partial charge on any atom is -0.497 e. The smallest absolute Gasteiger partial charge is 0.497 e. The van der Waals surface area contributed by atoms with Gasteiger partial charge in [-0.05, 0) is 218 Å². The summed E-state index contributed by atoms with van der Waals surface area (Å²) in [4.78, 5) is 23.1. The third kappa shape index (κ3) is 9.01. The average molecular weight is 963 g/mol. The minimum atomic E-state index is -0.666. The first kappa shape index (κ1) is 50.9. The van der Waals surface area contributed by atoms with E-state index >= 15 is 0 Å². The Morgan fingerprint density at radius 2 is 1.10 bits per heavy atom. The quantitative estimate of drug-likeness (QED) is 0.159. The number of carbonyl (C=O) groups is 2. The highest BCUT2D eigenvalue weighted by atomic mass is 16.8. The number of allylic oxidation sites excluding steroid dienone is 4. The normalized spacial score (nSPS) is 45.3. The zero-order valence-electron chi connectivity index (χ0n) is 43.1. The van der Waals surface area contributed by atoms with Crippen LogP contribution in [0.15, 0.2) is 48.0 Å². The molecule has 17 atom stereocenters. The monoisotopic (exact) mass is 963 g/mol. The van der Waals surface area contributed by atoms with Crippen molar-refractivity contribution in [2.75, 3.05) is 33.2 Å². The molecule has 2 N–H and O–H groups in total. The van der Waals surface area contributed by atoms with Crippen LogP contribution in [0.2, 0.25) is 0 Å². The number of ether oxygens (including phenoxy) is 8. The standard InChI is InChI=1S/C29H44O6.C28H42O6/c1-5-33-26(30)35-19(2)34-22-10-13-27(3)21(17-22)8-9-25-24(27)11-14-28(4)23(12-15-29(25,28)31)20-7-6-16-32-18-20;1-4-32-25(29)34-18-33-21-9-12-26(2)20(16-21)7-8-24-23(26)10-13-27(3)22(11-14-28(24,27)30)19-6-5-15-31-17-19/h6-7,18-19,21-25,31H,5,8-17H2,1-4H3;5-6,17,20-24,30H,4,7-16,18H2,1-3H3/t19?,21-,22+,23-,24+,25-,27+,28-,29+;20-,21+,22-,23+,24-,26+,27-,28+/m11/s1. The van der Waals surface area contributed by atoms with Gasteiger partial charge in [-0.1, -0.05) is 39.8 Å². The Balaban J connectivity index is 0.000000172. The van der Waals surface area contributed by atoms with Crippen molar-refractivity contribution in [3.8, 4) is 0 Å². The van der Waals surface area contributed by atoms with Crippen LogP contribution in [0.3, 0.4) is 0 Å². The summed E-state index contributed by atoms with van der Waals surface area (Å²) in [6.07, 6.45) is 29.9. The maximum absolute atomic E-state index is 12.4. The lowest BCUT2D eigenvalue weighted by Gasteiger charge is -2.63. The molecule has 2 heterocycles. The summed E-state index contributed by atoms with van der Waals surface area (Å²) in [6, 6.07) is 0. The second-order valence-electron chi connectivity index (χ2n) is 24.0. The second-order valence-corrected chi connectivity index (χ2v) is 24.0. The molecule has 2 aliphatic heterocycles. The highest BCUT2D eigenvalue weighted by Crippen LogP contribution is 2.72. The third-order valence-corrected chi connectivity index (χ3v) is 21.5. The average Bonchev–Trinajstić information content (AvgIpc) is 3.78. The zero-order chi connectivity index (χ0) is 48.8. The fraction of sp³-hybridized carbons (Fsp3) is 0.825. The first-order valence-electron chi connectivity index (χ1n) is 27.3. The van der Waals surface area contributed by atoms with Crippen LogP contribution in [-0.4, -0.2) is 85.4 Å². The minimum absolute atomic E-state index is 0.0352. The Hall–Kier alpha value is -3.06. The molecule has 0 bridgehead atoms. The van der Waals surface area contributed by atoms with Crippen LogP contribution in [0, 0.1) is 69.0 Å². The highest BCUT2D eigenvalue weighted by Gasteiger charge is 2.69. The van der Waals surface area contributed by atoms with Gasteiger partial charge >= 0.3 is 12.3 Å². The fourth-order valence-electron chi connectivity index (χ4n) is 17.9. The van der Waals surface area contributed by atoms with Crippen LogP contribution in [0.5, 0.6) is 0 Å². The topological polar surface area (TPSA) is 148 Å². The predicted octanol–water partition coefficient (Wildman–Crippen LogP) is 11.9. The molecule has 12 nitrogen and oxygen atoms in total. The SMILES string of the molecule is CCOC(=O)OC(C)O[C@H]1CC[C@@]2(C)[C@H](CC[C@@H]3[C@@H]2CC[C@]2(C)[C@@H](C4=COCC=C4)CC[C@]32O)C1.CCOC(=O)OCO[C@H]1CC[C@@]2(C)[C@H](CC[C@@H]3[C@@H]2CC[C@]2(C)[C@@H](C4=COCC=C4)CC[C@]32O)C1. The number of aliphatic hydroxyl groups is 2. The van der Waals surface area contributed by atoms with Gasteiger partial charge in [-0.2, -0.15) is 0 Å². The van der Waals surface area contributed by atoms with Gasteiger partial charge in [0.2, 0.25) is 6.29 Å². The van der Waals surface area contributed by atoms with Crippen molar-refractivity contribution >= 4 is 12.3 Å². The molecule has 0 aromatic rings. The lowest BCUT2D eigenvalue weighted by atomic mass is 9.43. The van der Waals surface area contributed by atoms with Gasteiger partial charge < -0.3 is 48.1 Å². The maximum Gasteiger partial charge on any atom is 0.510 e. The molecule has 386 valence electrons. The van der Waals surface area contributed by atoms with Crippen LogP contribution >= 0.6 is 0 Å². The summed E-state index contributed by atoms with van der Waals surface area (Å²) in [5.41, 5.74) is 1.64. The number of hydrogen-bond acceptors (Lipinski definition) is 12. The second kappa shape index (κ2) is 20.1. The van der Waals surface area contributed by atoms with Gasteiger partial charge in [-0.15, -0.1) is 0 Å². The summed E-state index contributed by atoms with van der Waals surface area (Å²) < 4.78 is 43.3. The lowest BCUT2D eigenvalue weighted by Crippen LogP contribution is -2.62. The van der Waals surface area contributed by atoms with E-state index in [4.69, 9.17) is 37.9 Å². The van der Waals surface area contributed by atoms with Crippen molar-refractivity contribution in [1.29, 1.82) is 0 Å². The van der Waals surface area contributed by atoms with E-state index in [2.05, 4.69) is 52.0 Å². The van der Waals surface area contributed by atoms with Crippen LogP contribution in [0.4, 0.5) is 9.59 Å². The molecule has 69 heavy (non-hydrogen) atoms. The Morgan fingerprint density at radius 1 is 0.609 bits per heavy atom. The lowest BCUT2D eigenvalue weighted by molar-refractivity contribution is -0.218. The van der Waals surface area contributed by atoms with Crippen LogP contribution in [-0.2, 0) is 37.9 Å². The largest absolute Gasteiger partial charge is 0.510 e. The van der Waals surface area contributed by atoms with Crippen molar-refractivity contribution in [1.82, 2.24) is 0 Å². The highest BCUT2D eigenvalue weighted by molar-refractivity contribution is 5.60. The maximum atomic E-state index is 12.4. The van der Waals surface area contributed by atoms with Crippen molar-refractivity contribution in [3.05, 3.63) is 48.0 Å². The third-order valence-electron chi connectivity index (χ3n) is 21.5. The van der Waals surface area contributed by atoms with Crippen LogP contribution in [0.1, 0.15) is 164 Å². The molecule has 8 saturated carbocycles. The van der Waals surface area contributed by atoms with E-state index in [0.29, 0.717) is 73.8 Å². The van der Waals surface area contributed by atoms with Crippen LogP contribution in [0.25, 0.3) is 0 Å². The van der Waals surface area contributed by atoms with E-state index in [1.165, 1.54) is 24.0 Å². The van der Waals surface area contributed by atoms with Gasteiger partial charge in [0.15, 0.2) is 6.79 Å². The molecule has 1 unspecified atom stereocenters. The molecule has 0 aromatic heterocycles. The molecule has 0 aromatic carbocycles. The molecule has 0 saturated heterocycles. The summed E-state index contributed by atoms with van der Waals surface area (Å²) in [5.74, 6) is 3.79. The predicted molar refractivity (Wildman–Crippen MR) is 260 cm³/mol. The van der Waals surface area contributed by atoms with Gasteiger partial charge in [-0.25, -0.2) is 9.59 Å². The Labute approximate surface area is 412 Å². The number of hydrogen-bond donors (Lipinski definition) is 2. The molecule has 8 aliphatic carbocycles. The fourth-order valence-corrected chi connectivity index (χ4v) is 17.9. The van der Waals surface area contributed by atoms with Crippen molar-refractivity contribution in [2.24, 2.45) is 69.0 Å². The van der Waals surface area contributed by atoms with Crippen molar-refractivity contribution in [2.45, 2.75) is 194 Å². The van der Waals surface area contributed by atoms with Crippen LogP contribution < -0.4 is 0 Å². The van der Waals surface area contributed by atoms with E-state index in [1.807, 2.05) is 12.5 Å². The molecule has 10 rings (SSSR count). The summed E-state index contributed by atoms with van der Waals surface area (Å²) >= 11 is 0. The van der Waals surface area contributed by atoms with Gasteiger partial charge in [0, 0.05) is 10.8 Å². The summed E-state index contributed by atoms with van der Waals surface area (Å²) in [5, 5.41) is 24.8. The summed E-state index contributed by atoms with van der Waals surface area (Å²) in [6.45, 7) is 16.9. The van der Waals surface area contributed by atoms with E-state index < -0.39 is 29.8 Å². The Kier molecular flexibility index (Phi) is 14.8. The van der Waals surface area contributed by atoms with Gasteiger partial charge in [0.1, 0.15) is 13.2 Å². The molecule has 10 aliphatic rings. The molecular weight excluding hydrogens is 877 g/mol. The van der Waals surface area contributed by atoms with E-state index in [9.17, 15) is 19.8 Å². The molecule has 8 fully saturated rings. The van der Waals surface area contributed by atoms with E-state index in [1.54, 1.807) is 20.8 Å². The molecule has 0 spiro atoms. The first-order valence-corrected chi connectivity index (χ1v) is 27.3. The Bertz CT molecular complexity index is 1980. The molecule has 12 heteroatoms. The first-order chi connectivity index (χ1) is 33.0. The van der Waals surface area contributed by atoms with Gasteiger partial charge in [0.25, 0.3) is 0 Å². The van der Waals surface area contributed by atoms with Gasteiger partial charge in [0.05, 0.1) is 49.1 Å². The number of rotatable bonds is 10. The molecular formula is C57H86O12. The van der Waals surface area contributed by atoms with E-state index in [-0.39, 0.29) is 40.7 Å². The number of fused-ring (bicyclic) bond motifs is 10.